The maximum absolute atomic E-state index is 11.4. The summed E-state index contributed by atoms with van der Waals surface area (Å²) in [5.41, 5.74) is 6.34. The zero-order chi connectivity index (χ0) is 14.5. The van der Waals surface area contributed by atoms with Crippen LogP contribution in [-0.4, -0.2) is 23.4 Å². The molecule has 108 valence electrons. The first-order chi connectivity index (χ1) is 9.56. The van der Waals surface area contributed by atoms with Crippen molar-refractivity contribution >= 4 is 23.0 Å². The molecular formula is C13H18N4O3. The van der Waals surface area contributed by atoms with Gasteiger partial charge in [0, 0.05) is 30.8 Å². The van der Waals surface area contributed by atoms with Crippen molar-refractivity contribution in [2.45, 2.75) is 31.7 Å². The molecule has 1 aliphatic rings. The summed E-state index contributed by atoms with van der Waals surface area (Å²) >= 11 is 0. The third kappa shape index (κ3) is 4.11. The summed E-state index contributed by atoms with van der Waals surface area (Å²) in [4.78, 5) is 21.6. The van der Waals surface area contributed by atoms with Gasteiger partial charge in [0.05, 0.1) is 4.92 Å². The van der Waals surface area contributed by atoms with Gasteiger partial charge >= 0.3 is 0 Å². The Morgan fingerprint density at radius 1 is 1.45 bits per heavy atom. The van der Waals surface area contributed by atoms with Gasteiger partial charge in [-0.05, 0) is 31.4 Å². The summed E-state index contributed by atoms with van der Waals surface area (Å²) in [6.45, 7) is 0.620. The maximum Gasteiger partial charge on any atom is 0.292 e. The minimum absolute atomic E-state index is 0.0810. The highest BCUT2D eigenvalue weighted by molar-refractivity contribution is 5.76. The van der Waals surface area contributed by atoms with Crippen LogP contribution in [0.2, 0.25) is 0 Å². The Morgan fingerprint density at radius 3 is 2.80 bits per heavy atom. The van der Waals surface area contributed by atoms with Crippen LogP contribution in [0.1, 0.15) is 25.7 Å². The molecule has 0 spiro atoms. The molecule has 20 heavy (non-hydrogen) atoms. The SMILES string of the molecule is Nc1cc(NCCCC(=O)NC2CC2)ccc1[N+](=O)[O-]. The third-order valence-electron chi connectivity index (χ3n) is 3.08. The molecule has 0 saturated heterocycles. The minimum atomic E-state index is -0.513. The number of nitro groups is 1. The molecule has 7 heteroatoms. The van der Waals surface area contributed by atoms with Crippen molar-refractivity contribution in [3.63, 3.8) is 0 Å². The number of nitrogens with one attached hydrogen (secondary N) is 2. The molecule has 2 rings (SSSR count). The van der Waals surface area contributed by atoms with Gasteiger partial charge in [-0.1, -0.05) is 0 Å². The molecular weight excluding hydrogens is 260 g/mol. The van der Waals surface area contributed by atoms with E-state index < -0.39 is 4.92 Å². The van der Waals surface area contributed by atoms with Crippen LogP contribution in [-0.2, 0) is 4.79 Å². The number of benzene rings is 1. The van der Waals surface area contributed by atoms with Gasteiger partial charge in [-0.2, -0.15) is 0 Å². The number of nitrogen functional groups attached to an aromatic ring is 1. The van der Waals surface area contributed by atoms with E-state index in [2.05, 4.69) is 10.6 Å². The maximum atomic E-state index is 11.4. The van der Waals surface area contributed by atoms with Crippen LogP contribution < -0.4 is 16.4 Å². The molecule has 1 aromatic carbocycles. The number of nitrogens with zero attached hydrogens (tertiary/aromatic N) is 1. The summed E-state index contributed by atoms with van der Waals surface area (Å²) in [6.07, 6.45) is 3.36. The molecule has 1 fully saturated rings. The Labute approximate surface area is 116 Å². The quantitative estimate of drug-likeness (QED) is 0.304. The monoisotopic (exact) mass is 278 g/mol. The highest BCUT2D eigenvalue weighted by atomic mass is 16.6. The van der Waals surface area contributed by atoms with Gasteiger partial charge in [0.15, 0.2) is 0 Å². The van der Waals surface area contributed by atoms with E-state index in [4.69, 9.17) is 5.73 Å². The van der Waals surface area contributed by atoms with Gasteiger partial charge in [0.25, 0.3) is 5.69 Å². The Balaban J connectivity index is 1.72. The molecule has 0 unspecified atom stereocenters. The van der Waals surface area contributed by atoms with Crippen molar-refractivity contribution in [3.8, 4) is 0 Å². The van der Waals surface area contributed by atoms with E-state index >= 15 is 0 Å². The van der Waals surface area contributed by atoms with Crippen LogP contribution in [0.5, 0.6) is 0 Å². The number of amides is 1. The largest absolute Gasteiger partial charge is 0.393 e. The molecule has 0 bridgehead atoms. The summed E-state index contributed by atoms with van der Waals surface area (Å²) in [7, 11) is 0. The molecule has 0 atom stereocenters. The Morgan fingerprint density at radius 2 is 2.20 bits per heavy atom. The fourth-order valence-electron chi connectivity index (χ4n) is 1.84. The predicted molar refractivity (Wildman–Crippen MR) is 76.4 cm³/mol. The van der Waals surface area contributed by atoms with Crippen molar-refractivity contribution in [1.82, 2.24) is 5.32 Å². The lowest BCUT2D eigenvalue weighted by Crippen LogP contribution is -2.25. The molecule has 1 saturated carbocycles. The van der Waals surface area contributed by atoms with Gasteiger partial charge in [0.1, 0.15) is 5.69 Å². The van der Waals surface area contributed by atoms with Crippen molar-refractivity contribution in [2.24, 2.45) is 0 Å². The number of rotatable bonds is 7. The average molecular weight is 278 g/mol. The smallest absolute Gasteiger partial charge is 0.292 e. The molecule has 0 aromatic heterocycles. The van der Waals surface area contributed by atoms with Crippen LogP contribution in [0.25, 0.3) is 0 Å². The van der Waals surface area contributed by atoms with Crippen molar-refractivity contribution < 1.29 is 9.72 Å². The van der Waals surface area contributed by atoms with E-state index in [9.17, 15) is 14.9 Å². The van der Waals surface area contributed by atoms with Gasteiger partial charge < -0.3 is 16.4 Å². The first kappa shape index (κ1) is 14.1. The number of carbonyl (C=O) groups is 1. The Kier molecular flexibility index (Phi) is 4.39. The molecule has 1 amide bonds. The van der Waals surface area contributed by atoms with Crippen molar-refractivity contribution in [1.29, 1.82) is 0 Å². The Bertz CT molecular complexity index is 514. The van der Waals surface area contributed by atoms with E-state index in [0.29, 0.717) is 25.4 Å². The number of carbonyl (C=O) groups excluding carboxylic acids is 1. The van der Waals surface area contributed by atoms with Crippen LogP contribution >= 0.6 is 0 Å². The normalized spacial score (nSPS) is 13.8. The number of nitro benzene ring substituents is 1. The first-order valence-corrected chi connectivity index (χ1v) is 6.63. The molecule has 0 heterocycles. The van der Waals surface area contributed by atoms with Gasteiger partial charge in [-0.25, -0.2) is 0 Å². The molecule has 1 aromatic rings. The Hall–Kier alpha value is -2.31. The molecule has 1 aliphatic carbocycles. The zero-order valence-electron chi connectivity index (χ0n) is 11.1. The van der Waals surface area contributed by atoms with E-state index in [-0.39, 0.29) is 17.3 Å². The van der Waals surface area contributed by atoms with Gasteiger partial charge in [-0.15, -0.1) is 0 Å². The lowest BCUT2D eigenvalue weighted by molar-refractivity contribution is -0.383. The summed E-state index contributed by atoms with van der Waals surface area (Å²) in [6, 6.07) is 4.91. The molecule has 0 radical (unpaired) electrons. The minimum Gasteiger partial charge on any atom is -0.393 e. The third-order valence-corrected chi connectivity index (χ3v) is 3.08. The summed E-state index contributed by atoms with van der Waals surface area (Å²) in [5.74, 6) is 0.0810. The van der Waals surface area contributed by atoms with Crippen LogP contribution in [0.15, 0.2) is 18.2 Å². The van der Waals surface area contributed by atoms with Gasteiger partial charge in [-0.3, -0.25) is 14.9 Å². The van der Waals surface area contributed by atoms with E-state index in [1.807, 2.05) is 0 Å². The van der Waals surface area contributed by atoms with Crippen molar-refractivity contribution in [2.75, 3.05) is 17.6 Å². The first-order valence-electron chi connectivity index (χ1n) is 6.63. The fourth-order valence-corrected chi connectivity index (χ4v) is 1.84. The molecule has 7 nitrogen and oxygen atoms in total. The number of hydrogen-bond acceptors (Lipinski definition) is 5. The lowest BCUT2D eigenvalue weighted by Gasteiger charge is -2.07. The number of anilines is 2. The summed E-state index contributed by atoms with van der Waals surface area (Å²) < 4.78 is 0. The van der Waals surface area contributed by atoms with Gasteiger partial charge in [0.2, 0.25) is 5.91 Å². The standard InChI is InChI=1S/C13H18N4O3/c14-11-8-10(5-6-12(11)17(19)20)15-7-1-2-13(18)16-9-3-4-9/h5-6,8-9,15H,1-4,7,14H2,(H,16,18). The molecule has 0 aliphatic heterocycles. The number of nitrogens with two attached hydrogens (primary N) is 1. The lowest BCUT2D eigenvalue weighted by atomic mass is 10.2. The highest BCUT2D eigenvalue weighted by Gasteiger charge is 2.22. The second-order valence-corrected chi connectivity index (χ2v) is 4.90. The topological polar surface area (TPSA) is 110 Å². The van der Waals surface area contributed by atoms with Crippen molar-refractivity contribution in [3.05, 3.63) is 28.3 Å². The summed E-state index contributed by atoms with van der Waals surface area (Å²) in [5, 5.41) is 16.6. The van der Waals surface area contributed by atoms with E-state index in [0.717, 1.165) is 18.5 Å². The highest BCUT2D eigenvalue weighted by Crippen LogP contribution is 2.24. The average Bonchev–Trinajstić information content (AvgIpc) is 3.18. The zero-order valence-corrected chi connectivity index (χ0v) is 11.1. The second-order valence-electron chi connectivity index (χ2n) is 4.90. The fraction of sp³-hybridized carbons (Fsp3) is 0.462. The van der Waals surface area contributed by atoms with Crippen LogP contribution in [0.3, 0.4) is 0 Å². The molecule has 4 N–H and O–H groups in total. The van der Waals surface area contributed by atoms with E-state index in [1.165, 1.54) is 12.1 Å². The second kappa shape index (κ2) is 6.23. The number of hydrogen-bond donors (Lipinski definition) is 3. The van der Waals surface area contributed by atoms with E-state index in [1.54, 1.807) is 6.07 Å². The van der Waals surface area contributed by atoms with Crippen LogP contribution in [0.4, 0.5) is 17.1 Å². The predicted octanol–water partition coefficient (Wildman–Crippen LogP) is 1.65. The van der Waals surface area contributed by atoms with Crippen LogP contribution in [0, 0.1) is 10.1 Å².